The predicted octanol–water partition coefficient (Wildman–Crippen LogP) is 3.74. The Hall–Kier alpha value is -1.35. The summed E-state index contributed by atoms with van der Waals surface area (Å²) in [7, 11) is 0. The van der Waals surface area contributed by atoms with E-state index in [2.05, 4.69) is 5.32 Å². The van der Waals surface area contributed by atoms with Gasteiger partial charge in [0.2, 0.25) is 12.3 Å². The summed E-state index contributed by atoms with van der Waals surface area (Å²) in [6.07, 6.45) is -6.76. The molecule has 0 fully saturated rings. The van der Waals surface area contributed by atoms with Gasteiger partial charge in [0.1, 0.15) is 0 Å². The van der Waals surface area contributed by atoms with Crippen LogP contribution in [0.1, 0.15) is 18.4 Å². The van der Waals surface area contributed by atoms with Crippen molar-refractivity contribution in [3.63, 3.8) is 0 Å². The van der Waals surface area contributed by atoms with Crippen molar-refractivity contribution in [2.75, 3.05) is 17.6 Å². The van der Waals surface area contributed by atoms with E-state index in [0.717, 1.165) is 18.2 Å². The van der Waals surface area contributed by atoms with Gasteiger partial charge in [0.25, 0.3) is 0 Å². The van der Waals surface area contributed by atoms with Crippen LogP contribution < -0.4 is 11.1 Å². The quantitative estimate of drug-likeness (QED) is 0.586. The molecular formula is C13H15F5N2OS. The number of carbonyl (C=O) groups excluding carboxylic acids is 1. The lowest BCUT2D eigenvalue weighted by Gasteiger charge is -2.14. The molecule has 0 spiro atoms. The predicted molar refractivity (Wildman–Crippen MR) is 75.1 cm³/mol. The molecule has 0 saturated carbocycles. The number of halogens is 5. The molecule has 0 heterocycles. The summed E-state index contributed by atoms with van der Waals surface area (Å²) in [5, 5.41) is 2.32. The van der Waals surface area contributed by atoms with E-state index in [1.807, 2.05) is 0 Å². The second-order valence-electron chi connectivity index (χ2n) is 4.35. The van der Waals surface area contributed by atoms with Gasteiger partial charge in [-0.25, -0.2) is 8.78 Å². The van der Waals surface area contributed by atoms with Crippen LogP contribution in [0.4, 0.5) is 27.6 Å². The first-order valence-corrected chi connectivity index (χ1v) is 7.34. The highest BCUT2D eigenvalue weighted by Gasteiger charge is 2.31. The molecule has 9 heteroatoms. The molecule has 1 aromatic rings. The maximum atomic E-state index is 12.7. The molecule has 0 atom stereocenters. The van der Waals surface area contributed by atoms with Gasteiger partial charge in [-0.05, 0) is 31.2 Å². The van der Waals surface area contributed by atoms with Crippen molar-refractivity contribution in [2.45, 2.75) is 30.3 Å². The number of thioether (sulfide) groups is 1. The van der Waals surface area contributed by atoms with Crippen molar-refractivity contribution in [1.29, 1.82) is 0 Å². The van der Waals surface area contributed by atoms with E-state index in [1.54, 1.807) is 0 Å². The summed E-state index contributed by atoms with van der Waals surface area (Å²) >= 11 is 0.684. The van der Waals surface area contributed by atoms with Crippen LogP contribution in [0.15, 0.2) is 23.1 Å². The standard InChI is InChI=1S/C13H15F5N2OS/c14-11(15)7-22-10-4-3-8(13(16,17)18)6-9(10)20-12(21)2-1-5-19/h3-4,6,11H,1-2,5,7,19H2,(H,20,21). The van der Waals surface area contributed by atoms with Gasteiger partial charge < -0.3 is 11.1 Å². The summed E-state index contributed by atoms with van der Waals surface area (Å²) in [6, 6.07) is 2.62. The van der Waals surface area contributed by atoms with Crippen LogP contribution in [0.5, 0.6) is 0 Å². The third kappa shape index (κ3) is 6.18. The molecule has 0 saturated heterocycles. The zero-order valence-electron chi connectivity index (χ0n) is 11.4. The summed E-state index contributed by atoms with van der Waals surface area (Å²) in [6.45, 7) is 0.267. The van der Waals surface area contributed by atoms with E-state index in [0.29, 0.717) is 18.2 Å². The summed E-state index contributed by atoms with van der Waals surface area (Å²) in [5.41, 5.74) is 4.17. The van der Waals surface area contributed by atoms with E-state index in [-0.39, 0.29) is 23.5 Å². The average Bonchev–Trinajstić information content (AvgIpc) is 2.42. The number of anilines is 1. The Morgan fingerprint density at radius 3 is 2.55 bits per heavy atom. The Morgan fingerprint density at radius 1 is 1.32 bits per heavy atom. The largest absolute Gasteiger partial charge is 0.416 e. The van der Waals surface area contributed by atoms with Gasteiger partial charge in [0.05, 0.1) is 17.0 Å². The fourth-order valence-electron chi connectivity index (χ4n) is 1.56. The highest BCUT2D eigenvalue weighted by atomic mass is 32.2. The van der Waals surface area contributed by atoms with E-state index in [9.17, 15) is 26.7 Å². The van der Waals surface area contributed by atoms with E-state index < -0.39 is 29.8 Å². The molecule has 3 N–H and O–H groups in total. The zero-order valence-corrected chi connectivity index (χ0v) is 12.2. The molecule has 0 aromatic heterocycles. The van der Waals surface area contributed by atoms with Crippen LogP contribution in [0.3, 0.4) is 0 Å². The van der Waals surface area contributed by atoms with Crippen molar-refractivity contribution < 1.29 is 26.7 Å². The number of benzene rings is 1. The van der Waals surface area contributed by atoms with Crippen LogP contribution in [0.2, 0.25) is 0 Å². The fourth-order valence-corrected chi connectivity index (χ4v) is 2.29. The minimum absolute atomic E-state index is 0.0473. The number of nitrogens with two attached hydrogens (primary N) is 1. The van der Waals surface area contributed by atoms with Gasteiger partial charge in [0.15, 0.2) is 0 Å². The van der Waals surface area contributed by atoms with Gasteiger partial charge in [0, 0.05) is 11.3 Å². The van der Waals surface area contributed by atoms with Gasteiger partial charge >= 0.3 is 6.18 Å². The van der Waals surface area contributed by atoms with Crippen LogP contribution in [0, 0.1) is 0 Å². The number of carbonyl (C=O) groups is 1. The second-order valence-corrected chi connectivity index (χ2v) is 5.41. The number of hydrogen-bond donors (Lipinski definition) is 2. The molecule has 0 aliphatic heterocycles. The van der Waals surface area contributed by atoms with Crippen LogP contribution in [0.25, 0.3) is 0 Å². The van der Waals surface area contributed by atoms with E-state index in [4.69, 9.17) is 5.73 Å². The minimum atomic E-state index is -4.58. The second kappa shape index (κ2) is 8.33. The lowest BCUT2D eigenvalue weighted by molar-refractivity contribution is -0.137. The number of amides is 1. The molecule has 1 amide bonds. The van der Waals surface area contributed by atoms with Crippen LogP contribution in [-0.2, 0) is 11.0 Å². The molecule has 1 rings (SSSR count). The van der Waals surface area contributed by atoms with Gasteiger partial charge in [-0.15, -0.1) is 11.8 Å². The number of rotatable bonds is 7. The number of hydrogen-bond acceptors (Lipinski definition) is 3. The van der Waals surface area contributed by atoms with Crippen molar-refractivity contribution in [3.8, 4) is 0 Å². The monoisotopic (exact) mass is 342 g/mol. The first-order chi connectivity index (χ1) is 10.2. The normalized spacial score (nSPS) is 11.8. The Kier molecular flexibility index (Phi) is 7.08. The first kappa shape index (κ1) is 18.7. The Morgan fingerprint density at radius 2 is 2.00 bits per heavy atom. The first-order valence-electron chi connectivity index (χ1n) is 6.36. The average molecular weight is 342 g/mol. The molecule has 0 bridgehead atoms. The third-order valence-electron chi connectivity index (χ3n) is 2.55. The molecule has 1 aromatic carbocycles. The SMILES string of the molecule is NCCCC(=O)Nc1cc(C(F)(F)F)ccc1SCC(F)F. The smallest absolute Gasteiger partial charge is 0.330 e. The van der Waals surface area contributed by atoms with Crippen LogP contribution in [-0.4, -0.2) is 24.6 Å². The lowest BCUT2D eigenvalue weighted by Crippen LogP contribution is -2.15. The fraction of sp³-hybridized carbons (Fsp3) is 0.462. The lowest BCUT2D eigenvalue weighted by atomic mass is 10.2. The maximum absolute atomic E-state index is 12.7. The molecule has 0 unspecified atom stereocenters. The van der Waals surface area contributed by atoms with Crippen molar-refractivity contribution in [1.82, 2.24) is 0 Å². The highest BCUT2D eigenvalue weighted by molar-refractivity contribution is 7.99. The summed E-state index contributed by atoms with van der Waals surface area (Å²) in [5.74, 6) is -1.08. The summed E-state index contributed by atoms with van der Waals surface area (Å²) in [4.78, 5) is 11.8. The van der Waals surface area contributed by atoms with Crippen molar-refractivity contribution in [3.05, 3.63) is 23.8 Å². The molecule has 3 nitrogen and oxygen atoms in total. The maximum Gasteiger partial charge on any atom is 0.416 e. The molecule has 0 aliphatic rings. The van der Waals surface area contributed by atoms with E-state index >= 15 is 0 Å². The minimum Gasteiger partial charge on any atom is -0.330 e. The topological polar surface area (TPSA) is 55.1 Å². The molecule has 0 aliphatic carbocycles. The van der Waals surface area contributed by atoms with Gasteiger partial charge in [-0.2, -0.15) is 13.2 Å². The molecule has 124 valence electrons. The van der Waals surface area contributed by atoms with Gasteiger partial charge in [-0.3, -0.25) is 4.79 Å². The van der Waals surface area contributed by atoms with Crippen molar-refractivity contribution >= 4 is 23.4 Å². The Labute approximate surface area is 128 Å². The van der Waals surface area contributed by atoms with Crippen molar-refractivity contribution in [2.24, 2.45) is 5.73 Å². The number of nitrogens with one attached hydrogen (secondary N) is 1. The zero-order chi connectivity index (χ0) is 16.8. The number of alkyl halides is 5. The molecule has 22 heavy (non-hydrogen) atoms. The summed E-state index contributed by atoms with van der Waals surface area (Å²) < 4.78 is 62.6. The molecule has 0 radical (unpaired) electrons. The van der Waals surface area contributed by atoms with Gasteiger partial charge in [-0.1, -0.05) is 0 Å². The van der Waals surface area contributed by atoms with Crippen LogP contribution >= 0.6 is 11.8 Å². The van der Waals surface area contributed by atoms with E-state index in [1.165, 1.54) is 0 Å². The Bertz CT molecular complexity index is 508. The third-order valence-corrected chi connectivity index (χ3v) is 3.64. The highest BCUT2D eigenvalue weighted by Crippen LogP contribution is 2.36. The Balaban J connectivity index is 2.97. The molecular weight excluding hydrogens is 327 g/mol.